The summed E-state index contributed by atoms with van der Waals surface area (Å²) < 4.78 is 13.9. The number of nitrogens with one attached hydrogen (secondary N) is 1. The molecule has 2 aromatic rings. The predicted molar refractivity (Wildman–Crippen MR) is 72.9 cm³/mol. The van der Waals surface area contributed by atoms with Crippen molar-refractivity contribution in [2.24, 2.45) is 0 Å². The second-order valence-electron chi connectivity index (χ2n) is 3.60. The highest BCUT2D eigenvalue weighted by Crippen LogP contribution is 2.23. The topological polar surface area (TPSA) is 12.0 Å². The van der Waals surface area contributed by atoms with Crippen LogP contribution in [0.5, 0.6) is 0 Å². The molecule has 1 N–H and O–H groups in total. The van der Waals surface area contributed by atoms with Crippen molar-refractivity contribution >= 4 is 33.2 Å². The molecule has 0 aliphatic carbocycles. The van der Waals surface area contributed by atoms with E-state index in [-0.39, 0.29) is 5.82 Å². The van der Waals surface area contributed by atoms with Crippen molar-refractivity contribution in [2.75, 3.05) is 5.32 Å². The molecule has 0 radical (unpaired) electrons. The molecule has 0 fully saturated rings. The summed E-state index contributed by atoms with van der Waals surface area (Å²) in [5.41, 5.74) is 1.87. The van der Waals surface area contributed by atoms with Crippen LogP contribution in [0, 0.1) is 5.82 Å². The standard InChI is InChI=1S/C13H10BrClFN/c14-10-3-1-9(2-4-10)8-17-13-6-5-11(16)7-12(13)15/h1-7,17H,8H2. The molecule has 1 nitrogen and oxygen atoms in total. The Morgan fingerprint density at radius 3 is 2.47 bits per heavy atom. The highest BCUT2D eigenvalue weighted by Gasteiger charge is 2.01. The van der Waals surface area contributed by atoms with Crippen LogP contribution in [-0.2, 0) is 6.54 Å². The molecular weight excluding hydrogens is 305 g/mol. The fraction of sp³-hybridized carbons (Fsp3) is 0.0769. The van der Waals surface area contributed by atoms with Crippen LogP contribution in [0.4, 0.5) is 10.1 Å². The first-order chi connectivity index (χ1) is 8.15. The third kappa shape index (κ3) is 3.45. The molecule has 0 unspecified atom stereocenters. The molecule has 0 saturated carbocycles. The maximum Gasteiger partial charge on any atom is 0.124 e. The zero-order chi connectivity index (χ0) is 12.3. The summed E-state index contributed by atoms with van der Waals surface area (Å²) in [6.45, 7) is 0.651. The highest BCUT2D eigenvalue weighted by molar-refractivity contribution is 9.10. The van der Waals surface area contributed by atoms with Gasteiger partial charge in [-0.1, -0.05) is 39.7 Å². The van der Waals surface area contributed by atoms with E-state index in [1.54, 1.807) is 6.07 Å². The number of anilines is 1. The maximum atomic E-state index is 12.8. The van der Waals surface area contributed by atoms with Crippen LogP contribution in [-0.4, -0.2) is 0 Å². The minimum absolute atomic E-state index is 0.329. The smallest absolute Gasteiger partial charge is 0.124 e. The van der Waals surface area contributed by atoms with Crippen LogP contribution in [0.3, 0.4) is 0 Å². The van der Waals surface area contributed by atoms with E-state index in [2.05, 4.69) is 21.2 Å². The van der Waals surface area contributed by atoms with Gasteiger partial charge in [-0.15, -0.1) is 0 Å². The molecule has 2 rings (SSSR count). The number of halogens is 3. The Balaban J connectivity index is 2.04. The number of rotatable bonds is 3. The molecule has 0 spiro atoms. The van der Waals surface area contributed by atoms with Crippen molar-refractivity contribution in [1.82, 2.24) is 0 Å². The zero-order valence-electron chi connectivity index (χ0n) is 8.88. The Labute approximate surface area is 113 Å². The molecule has 0 aliphatic rings. The van der Waals surface area contributed by atoms with E-state index in [9.17, 15) is 4.39 Å². The van der Waals surface area contributed by atoms with Crippen molar-refractivity contribution in [2.45, 2.75) is 6.54 Å². The first-order valence-corrected chi connectivity index (χ1v) is 6.25. The van der Waals surface area contributed by atoms with Gasteiger partial charge in [0.15, 0.2) is 0 Å². The van der Waals surface area contributed by atoms with Gasteiger partial charge in [0, 0.05) is 11.0 Å². The molecule has 88 valence electrons. The van der Waals surface area contributed by atoms with E-state index in [0.717, 1.165) is 15.7 Å². The number of hydrogen-bond donors (Lipinski definition) is 1. The lowest BCUT2D eigenvalue weighted by Crippen LogP contribution is -1.99. The minimum atomic E-state index is -0.329. The first-order valence-electron chi connectivity index (χ1n) is 5.08. The minimum Gasteiger partial charge on any atom is -0.380 e. The third-order valence-electron chi connectivity index (χ3n) is 2.33. The molecule has 0 aliphatic heterocycles. The normalized spacial score (nSPS) is 10.3. The maximum absolute atomic E-state index is 12.8. The summed E-state index contributed by atoms with van der Waals surface area (Å²) in [7, 11) is 0. The molecule has 0 atom stereocenters. The largest absolute Gasteiger partial charge is 0.380 e. The SMILES string of the molecule is Fc1ccc(NCc2ccc(Br)cc2)c(Cl)c1. The van der Waals surface area contributed by atoms with Gasteiger partial charge in [0.05, 0.1) is 10.7 Å². The molecule has 0 heterocycles. The van der Waals surface area contributed by atoms with Crippen LogP contribution >= 0.6 is 27.5 Å². The lowest BCUT2D eigenvalue weighted by molar-refractivity contribution is 0.628. The summed E-state index contributed by atoms with van der Waals surface area (Å²) in [6, 6.07) is 12.3. The van der Waals surface area contributed by atoms with Crippen LogP contribution in [0.15, 0.2) is 46.9 Å². The number of hydrogen-bond acceptors (Lipinski definition) is 1. The fourth-order valence-corrected chi connectivity index (χ4v) is 1.93. The summed E-state index contributed by atoms with van der Waals surface area (Å²) in [6.07, 6.45) is 0. The monoisotopic (exact) mass is 313 g/mol. The van der Waals surface area contributed by atoms with Gasteiger partial charge in [-0.3, -0.25) is 0 Å². The highest BCUT2D eigenvalue weighted by atomic mass is 79.9. The Kier molecular flexibility index (Phi) is 4.02. The lowest BCUT2D eigenvalue weighted by atomic mass is 10.2. The quantitative estimate of drug-likeness (QED) is 0.853. The van der Waals surface area contributed by atoms with Crippen LogP contribution in [0.25, 0.3) is 0 Å². The van der Waals surface area contributed by atoms with Gasteiger partial charge in [0.2, 0.25) is 0 Å². The summed E-state index contributed by atoms with van der Waals surface area (Å²) in [5, 5.41) is 3.55. The van der Waals surface area contributed by atoms with Crippen LogP contribution in [0.2, 0.25) is 5.02 Å². The third-order valence-corrected chi connectivity index (χ3v) is 3.17. The molecule has 2 aromatic carbocycles. The van der Waals surface area contributed by atoms with Gasteiger partial charge in [0.1, 0.15) is 5.82 Å². The number of benzene rings is 2. The van der Waals surface area contributed by atoms with E-state index in [4.69, 9.17) is 11.6 Å². The van der Waals surface area contributed by atoms with Crippen molar-refractivity contribution in [1.29, 1.82) is 0 Å². The van der Waals surface area contributed by atoms with E-state index in [1.807, 2.05) is 24.3 Å². The Morgan fingerprint density at radius 2 is 1.82 bits per heavy atom. The fourth-order valence-electron chi connectivity index (χ4n) is 1.43. The second kappa shape index (κ2) is 5.52. The molecule has 0 saturated heterocycles. The van der Waals surface area contributed by atoms with Gasteiger partial charge in [-0.05, 0) is 35.9 Å². The van der Waals surface area contributed by atoms with E-state index >= 15 is 0 Å². The van der Waals surface area contributed by atoms with Crippen molar-refractivity contribution in [3.63, 3.8) is 0 Å². The summed E-state index contributed by atoms with van der Waals surface area (Å²) in [4.78, 5) is 0. The van der Waals surface area contributed by atoms with Gasteiger partial charge >= 0.3 is 0 Å². The average molecular weight is 315 g/mol. The molecule has 0 aromatic heterocycles. The Hall–Kier alpha value is -1.06. The predicted octanol–water partition coefficient (Wildman–Crippen LogP) is 4.85. The van der Waals surface area contributed by atoms with Gasteiger partial charge in [0.25, 0.3) is 0 Å². The lowest BCUT2D eigenvalue weighted by Gasteiger charge is -2.08. The molecule has 0 amide bonds. The van der Waals surface area contributed by atoms with E-state index < -0.39 is 0 Å². The van der Waals surface area contributed by atoms with Crippen molar-refractivity contribution in [3.05, 3.63) is 63.3 Å². The van der Waals surface area contributed by atoms with Gasteiger partial charge < -0.3 is 5.32 Å². The zero-order valence-corrected chi connectivity index (χ0v) is 11.2. The van der Waals surface area contributed by atoms with Gasteiger partial charge in [-0.2, -0.15) is 0 Å². The van der Waals surface area contributed by atoms with Crippen molar-refractivity contribution in [3.8, 4) is 0 Å². The van der Waals surface area contributed by atoms with Crippen molar-refractivity contribution < 1.29 is 4.39 Å². The first kappa shape index (κ1) is 12.4. The van der Waals surface area contributed by atoms with Crippen LogP contribution in [0.1, 0.15) is 5.56 Å². The van der Waals surface area contributed by atoms with Gasteiger partial charge in [-0.25, -0.2) is 4.39 Å². The van der Waals surface area contributed by atoms with Crippen LogP contribution < -0.4 is 5.32 Å². The summed E-state index contributed by atoms with van der Waals surface area (Å²) in [5.74, 6) is -0.329. The van der Waals surface area contributed by atoms with E-state index in [0.29, 0.717) is 11.6 Å². The Morgan fingerprint density at radius 1 is 1.12 bits per heavy atom. The average Bonchev–Trinajstić information content (AvgIpc) is 2.30. The molecule has 0 bridgehead atoms. The second-order valence-corrected chi connectivity index (χ2v) is 4.93. The Bertz CT molecular complexity index is 513. The van der Waals surface area contributed by atoms with E-state index in [1.165, 1.54) is 12.1 Å². The molecule has 17 heavy (non-hydrogen) atoms. The summed E-state index contributed by atoms with van der Waals surface area (Å²) >= 11 is 9.29. The molecular formula is C13H10BrClFN. The molecule has 4 heteroatoms.